The smallest absolute Gasteiger partial charge is 0.302 e. The lowest BCUT2D eigenvalue weighted by molar-refractivity contribution is 0.143. The number of phosphoric acid groups is 1. The molecule has 3 unspecified atom stereocenters. The van der Waals surface area contributed by atoms with E-state index in [0.29, 0.717) is 19.1 Å². The molecule has 0 aromatic rings. The molecule has 5 heteroatoms. The summed E-state index contributed by atoms with van der Waals surface area (Å²) >= 11 is 0. The van der Waals surface area contributed by atoms with Gasteiger partial charge in [0.1, 0.15) is 0 Å². The van der Waals surface area contributed by atoms with E-state index in [1.165, 1.54) is 32.1 Å². The van der Waals surface area contributed by atoms with Crippen LogP contribution in [-0.4, -0.2) is 18.1 Å². The maximum Gasteiger partial charge on any atom is 0.472 e. The third-order valence-corrected chi connectivity index (χ3v) is 5.60. The molecule has 140 valence electrons. The zero-order valence-electron chi connectivity index (χ0n) is 15.8. The van der Waals surface area contributed by atoms with Crippen molar-refractivity contribution in [3.05, 3.63) is 0 Å². The quantitative estimate of drug-likeness (QED) is 0.261. The standard InChI is InChI=1S/C18H39O4P/c1-5-17(3)13-10-8-7-9-11-15-21-23(19,20)22-16-12-14-18(4)6-2/h17-18H,5-16H2,1-4H3,(H,19,20). The number of hydrogen-bond acceptors (Lipinski definition) is 3. The van der Waals surface area contributed by atoms with Crippen LogP contribution in [0.1, 0.15) is 91.9 Å². The lowest BCUT2D eigenvalue weighted by Crippen LogP contribution is -2.01. The van der Waals surface area contributed by atoms with Crippen molar-refractivity contribution in [3.63, 3.8) is 0 Å². The molecule has 0 rings (SSSR count). The molecule has 0 aromatic carbocycles. The van der Waals surface area contributed by atoms with Gasteiger partial charge in [0, 0.05) is 0 Å². The molecule has 23 heavy (non-hydrogen) atoms. The van der Waals surface area contributed by atoms with Gasteiger partial charge in [0.15, 0.2) is 0 Å². The zero-order valence-corrected chi connectivity index (χ0v) is 16.7. The van der Waals surface area contributed by atoms with Gasteiger partial charge in [0.25, 0.3) is 0 Å². The number of hydrogen-bond donors (Lipinski definition) is 1. The molecule has 0 aliphatic rings. The average Bonchev–Trinajstić information content (AvgIpc) is 2.53. The van der Waals surface area contributed by atoms with Gasteiger partial charge in [0.05, 0.1) is 13.2 Å². The monoisotopic (exact) mass is 350 g/mol. The van der Waals surface area contributed by atoms with Crippen molar-refractivity contribution >= 4 is 7.82 Å². The molecular formula is C18H39O4P. The first-order valence-electron chi connectivity index (χ1n) is 9.53. The van der Waals surface area contributed by atoms with E-state index in [-0.39, 0.29) is 0 Å². The fourth-order valence-electron chi connectivity index (χ4n) is 2.36. The minimum atomic E-state index is -3.84. The van der Waals surface area contributed by atoms with Gasteiger partial charge in [-0.05, 0) is 31.1 Å². The van der Waals surface area contributed by atoms with Crippen LogP contribution in [0, 0.1) is 11.8 Å². The molecule has 0 heterocycles. The third-order valence-electron chi connectivity index (χ3n) is 4.59. The van der Waals surface area contributed by atoms with E-state index < -0.39 is 7.82 Å². The highest BCUT2D eigenvalue weighted by Gasteiger charge is 2.20. The topological polar surface area (TPSA) is 55.8 Å². The molecule has 0 aromatic heterocycles. The first kappa shape index (κ1) is 23.1. The lowest BCUT2D eigenvalue weighted by Gasteiger charge is -2.13. The molecule has 1 N–H and O–H groups in total. The Hall–Kier alpha value is 0.110. The van der Waals surface area contributed by atoms with E-state index in [1.807, 2.05) is 0 Å². The van der Waals surface area contributed by atoms with E-state index in [4.69, 9.17) is 9.05 Å². The Morgan fingerprint density at radius 2 is 1.22 bits per heavy atom. The Morgan fingerprint density at radius 3 is 1.78 bits per heavy atom. The Kier molecular flexibility index (Phi) is 14.5. The van der Waals surface area contributed by atoms with Crippen LogP contribution in [-0.2, 0) is 13.6 Å². The molecular weight excluding hydrogens is 311 g/mol. The highest BCUT2D eigenvalue weighted by molar-refractivity contribution is 7.47. The fourth-order valence-corrected chi connectivity index (χ4v) is 3.16. The van der Waals surface area contributed by atoms with Crippen molar-refractivity contribution in [2.45, 2.75) is 91.9 Å². The first-order chi connectivity index (χ1) is 10.9. The average molecular weight is 350 g/mol. The summed E-state index contributed by atoms with van der Waals surface area (Å²) in [4.78, 5) is 9.58. The van der Waals surface area contributed by atoms with Gasteiger partial charge in [-0.1, -0.05) is 72.6 Å². The van der Waals surface area contributed by atoms with Crippen LogP contribution < -0.4 is 0 Å². The van der Waals surface area contributed by atoms with Gasteiger partial charge in [-0.25, -0.2) is 4.57 Å². The summed E-state index contributed by atoms with van der Waals surface area (Å²) in [6.45, 7) is 9.48. The SMILES string of the molecule is CCC(C)CCCCCCCOP(=O)(O)OCCCC(C)CC. The summed E-state index contributed by atoms with van der Waals surface area (Å²) in [5.74, 6) is 1.47. The van der Waals surface area contributed by atoms with E-state index in [0.717, 1.165) is 38.0 Å². The van der Waals surface area contributed by atoms with Gasteiger partial charge in [-0.2, -0.15) is 0 Å². The van der Waals surface area contributed by atoms with Crippen molar-refractivity contribution in [1.82, 2.24) is 0 Å². The van der Waals surface area contributed by atoms with Gasteiger partial charge >= 0.3 is 7.82 Å². The molecule has 0 amide bonds. The zero-order chi connectivity index (χ0) is 17.6. The largest absolute Gasteiger partial charge is 0.472 e. The normalized spacial score (nSPS) is 16.9. The van der Waals surface area contributed by atoms with E-state index in [2.05, 4.69) is 27.7 Å². The van der Waals surface area contributed by atoms with E-state index in [9.17, 15) is 9.46 Å². The first-order valence-corrected chi connectivity index (χ1v) is 11.0. The van der Waals surface area contributed by atoms with Crippen LogP contribution in [0.4, 0.5) is 0 Å². The van der Waals surface area contributed by atoms with Crippen molar-refractivity contribution in [2.24, 2.45) is 11.8 Å². The predicted octanol–water partition coefficient (Wildman–Crippen LogP) is 6.33. The minimum absolute atomic E-state index is 0.299. The van der Waals surface area contributed by atoms with Crippen molar-refractivity contribution < 1.29 is 18.5 Å². The van der Waals surface area contributed by atoms with Gasteiger partial charge in [-0.3, -0.25) is 9.05 Å². The van der Waals surface area contributed by atoms with Crippen molar-refractivity contribution in [1.29, 1.82) is 0 Å². The Balaban J connectivity index is 3.46. The fraction of sp³-hybridized carbons (Fsp3) is 1.00. The highest BCUT2D eigenvalue weighted by Crippen LogP contribution is 2.43. The summed E-state index contributed by atoms with van der Waals surface area (Å²) in [6.07, 6.45) is 11.1. The van der Waals surface area contributed by atoms with Crippen LogP contribution >= 0.6 is 7.82 Å². The summed E-state index contributed by atoms with van der Waals surface area (Å²) in [6, 6.07) is 0. The van der Waals surface area contributed by atoms with Crippen LogP contribution in [0.5, 0.6) is 0 Å². The Bertz CT molecular complexity index is 309. The molecule has 0 saturated carbocycles. The molecule has 0 fully saturated rings. The Labute approximate surface area is 144 Å². The molecule has 3 atom stereocenters. The summed E-state index contributed by atoms with van der Waals surface area (Å²) in [5.41, 5.74) is 0. The van der Waals surface area contributed by atoms with Gasteiger partial charge in [-0.15, -0.1) is 0 Å². The highest BCUT2D eigenvalue weighted by atomic mass is 31.2. The van der Waals surface area contributed by atoms with E-state index >= 15 is 0 Å². The second-order valence-electron chi connectivity index (χ2n) is 6.86. The number of unbranched alkanes of at least 4 members (excludes halogenated alkanes) is 4. The van der Waals surface area contributed by atoms with Crippen LogP contribution in [0.2, 0.25) is 0 Å². The molecule has 0 saturated heterocycles. The second kappa shape index (κ2) is 14.5. The van der Waals surface area contributed by atoms with Crippen molar-refractivity contribution in [2.75, 3.05) is 13.2 Å². The van der Waals surface area contributed by atoms with Crippen LogP contribution in [0.3, 0.4) is 0 Å². The summed E-state index contributed by atoms with van der Waals surface area (Å²) in [7, 11) is -3.84. The van der Waals surface area contributed by atoms with Gasteiger partial charge in [0.2, 0.25) is 0 Å². The Morgan fingerprint density at radius 1 is 0.783 bits per heavy atom. The number of phosphoric ester groups is 1. The summed E-state index contributed by atoms with van der Waals surface area (Å²) < 4.78 is 21.7. The van der Waals surface area contributed by atoms with E-state index in [1.54, 1.807) is 0 Å². The predicted molar refractivity (Wildman–Crippen MR) is 97.6 cm³/mol. The molecule has 0 aliphatic heterocycles. The van der Waals surface area contributed by atoms with Crippen molar-refractivity contribution in [3.8, 4) is 0 Å². The lowest BCUT2D eigenvalue weighted by atomic mass is 10.0. The van der Waals surface area contributed by atoms with Crippen LogP contribution in [0.25, 0.3) is 0 Å². The second-order valence-corrected chi connectivity index (χ2v) is 8.31. The molecule has 0 spiro atoms. The minimum Gasteiger partial charge on any atom is -0.302 e. The maximum absolute atomic E-state index is 11.7. The molecule has 0 radical (unpaired) electrons. The molecule has 0 aliphatic carbocycles. The maximum atomic E-state index is 11.7. The third kappa shape index (κ3) is 15.4. The number of rotatable bonds is 16. The molecule has 0 bridgehead atoms. The van der Waals surface area contributed by atoms with Crippen LogP contribution in [0.15, 0.2) is 0 Å². The summed E-state index contributed by atoms with van der Waals surface area (Å²) in [5, 5.41) is 0. The van der Waals surface area contributed by atoms with Gasteiger partial charge < -0.3 is 4.89 Å². The molecule has 4 nitrogen and oxygen atoms in total.